The fourth-order valence-corrected chi connectivity index (χ4v) is 1.98. The molecule has 0 aromatic carbocycles. The van der Waals surface area contributed by atoms with E-state index in [0.29, 0.717) is 12.1 Å². The van der Waals surface area contributed by atoms with Crippen molar-refractivity contribution in [2.75, 3.05) is 0 Å². The molecule has 1 aromatic heterocycles. The van der Waals surface area contributed by atoms with Crippen LogP contribution >= 0.6 is 0 Å². The van der Waals surface area contributed by atoms with Crippen molar-refractivity contribution < 1.29 is 0 Å². The molecule has 3 nitrogen and oxygen atoms in total. The van der Waals surface area contributed by atoms with Gasteiger partial charge < -0.3 is 10.3 Å². The molecule has 0 aliphatic carbocycles. The molecule has 0 unspecified atom stereocenters. The van der Waals surface area contributed by atoms with E-state index in [2.05, 4.69) is 6.92 Å². The molecular formula is C14H24N2O. The standard InChI is InChI=1S/C14H24N2O/c1-2-3-4-5-6-7-10-16-11-8-9-13(12-15)14(16)17/h8-9,11H,2-7,10,12,15H2,1H3. The van der Waals surface area contributed by atoms with E-state index in [1.165, 1.54) is 32.1 Å². The predicted octanol–water partition coefficient (Wildman–Crippen LogP) is 2.67. The third kappa shape index (κ3) is 4.73. The Kier molecular flexibility index (Phi) is 6.63. The van der Waals surface area contributed by atoms with Crippen LogP contribution in [0.15, 0.2) is 23.1 Å². The molecule has 0 radical (unpaired) electrons. The lowest BCUT2D eigenvalue weighted by molar-refractivity contribution is 0.547. The number of aryl methyl sites for hydroxylation is 1. The van der Waals surface area contributed by atoms with Gasteiger partial charge in [-0.3, -0.25) is 4.79 Å². The van der Waals surface area contributed by atoms with Crippen LogP contribution in [0.3, 0.4) is 0 Å². The quantitative estimate of drug-likeness (QED) is 0.705. The van der Waals surface area contributed by atoms with Crippen molar-refractivity contribution in [1.29, 1.82) is 0 Å². The van der Waals surface area contributed by atoms with Crippen molar-refractivity contribution >= 4 is 0 Å². The highest BCUT2D eigenvalue weighted by molar-refractivity contribution is 5.09. The van der Waals surface area contributed by atoms with Crippen LogP contribution in [-0.4, -0.2) is 4.57 Å². The molecule has 0 saturated heterocycles. The highest BCUT2D eigenvalue weighted by Crippen LogP contribution is 2.05. The lowest BCUT2D eigenvalue weighted by Gasteiger charge is -2.07. The first-order valence-corrected chi connectivity index (χ1v) is 6.68. The molecule has 2 N–H and O–H groups in total. The smallest absolute Gasteiger partial charge is 0.255 e. The van der Waals surface area contributed by atoms with E-state index in [0.717, 1.165) is 13.0 Å². The van der Waals surface area contributed by atoms with Gasteiger partial charge in [-0.2, -0.15) is 0 Å². The Bertz CT molecular complexity index is 371. The van der Waals surface area contributed by atoms with Gasteiger partial charge in [0.25, 0.3) is 5.56 Å². The minimum atomic E-state index is 0.0727. The largest absolute Gasteiger partial charge is 0.326 e. The van der Waals surface area contributed by atoms with Crippen LogP contribution in [0.1, 0.15) is 51.0 Å². The predicted molar refractivity (Wildman–Crippen MR) is 72.0 cm³/mol. The number of aromatic nitrogens is 1. The number of rotatable bonds is 8. The SMILES string of the molecule is CCCCCCCCn1cccc(CN)c1=O. The van der Waals surface area contributed by atoms with Crippen molar-refractivity contribution in [3.05, 3.63) is 34.2 Å². The van der Waals surface area contributed by atoms with Crippen molar-refractivity contribution in [3.8, 4) is 0 Å². The van der Waals surface area contributed by atoms with Crippen molar-refractivity contribution in [2.24, 2.45) is 5.73 Å². The van der Waals surface area contributed by atoms with E-state index in [-0.39, 0.29) is 5.56 Å². The molecule has 1 rings (SSSR count). The van der Waals surface area contributed by atoms with E-state index in [9.17, 15) is 4.79 Å². The van der Waals surface area contributed by atoms with Gasteiger partial charge in [0.15, 0.2) is 0 Å². The van der Waals surface area contributed by atoms with Gasteiger partial charge in [0.2, 0.25) is 0 Å². The Labute approximate surface area is 104 Å². The summed E-state index contributed by atoms with van der Waals surface area (Å²) in [6.45, 7) is 3.37. The average Bonchev–Trinajstić information content (AvgIpc) is 2.35. The number of pyridine rings is 1. The Morgan fingerprint density at radius 1 is 1.18 bits per heavy atom. The molecule has 0 bridgehead atoms. The normalized spacial score (nSPS) is 10.7. The van der Waals surface area contributed by atoms with Gasteiger partial charge in [-0.25, -0.2) is 0 Å². The summed E-state index contributed by atoms with van der Waals surface area (Å²) in [4.78, 5) is 11.8. The van der Waals surface area contributed by atoms with Crippen molar-refractivity contribution in [1.82, 2.24) is 4.57 Å². The third-order valence-corrected chi connectivity index (χ3v) is 3.07. The molecule has 0 atom stereocenters. The van der Waals surface area contributed by atoms with E-state index in [4.69, 9.17) is 5.73 Å². The maximum absolute atomic E-state index is 11.8. The number of hydrogen-bond donors (Lipinski definition) is 1. The molecule has 3 heteroatoms. The Morgan fingerprint density at radius 2 is 1.88 bits per heavy atom. The molecule has 0 aliphatic heterocycles. The topological polar surface area (TPSA) is 48.0 Å². The van der Waals surface area contributed by atoms with Gasteiger partial charge in [0.1, 0.15) is 0 Å². The summed E-state index contributed by atoms with van der Waals surface area (Å²) >= 11 is 0. The summed E-state index contributed by atoms with van der Waals surface area (Å²) in [5, 5.41) is 0. The first-order chi connectivity index (χ1) is 8.29. The summed E-state index contributed by atoms with van der Waals surface area (Å²) in [6.07, 6.45) is 9.33. The van der Waals surface area contributed by atoms with Gasteiger partial charge in [0, 0.05) is 24.8 Å². The van der Waals surface area contributed by atoms with Crippen LogP contribution in [0.4, 0.5) is 0 Å². The zero-order valence-electron chi connectivity index (χ0n) is 10.8. The van der Waals surface area contributed by atoms with Crippen LogP contribution in [0, 0.1) is 0 Å². The molecule has 0 amide bonds. The Hall–Kier alpha value is -1.09. The Balaban J connectivity index is 2.34. The van der Waals surface area contributed by atoms with Gasteiger partial charge in [-0.05, 0) is 12.5 Å². The summed E-state index contributed by atoms with van der Waals surface area (Å²) in [6, 6.07) is 3.71. The lowest BCUT2D eigenvalue weighted by atomic mass is 10.1. The number of unbranched alkanes of at least 4 members (excludes halogenated alkanes) is 5. The van der Waals surface area contributed by atoms with Gasteiger partial charge in [-0.1, -0.05) is 45.1 Å². The highest BCUT2D eigenvalue weighted by atomic mass is 16.1. The first kappa shape index (κ1) is 14.0. The third-order valence-electron chi connectivity index (χ3n) is 3.07. The molecule has 0 fully saturated rings. The number of nitrogens with two attached hydrogens (primary N) is 1. The summed E-state index contributed by atoms with van der Waals surface area (Å²) in [5.41, 5.74) is 6.30. The summed E-state index contributed by atoms with van der Waals surface area (Å²) in [7, 11) is 0. The van der Waals surface area contributed by atoms with Crippen molar-refractivity contribution in [3.63, 3.8) is 0 Å². The molecule has 1 aromatic rings. The lowest BCUT2D eigenvalue weighted by Crippen LogP contribution is -2.24. The molecule has 1 heterocycles. The van der Waals surface area contributed by atoms with Gasteiger partial charge in [-0.15, -0.1) is 0 Å². The fraction of sp³-hybridized carbons (Fsp3) is 0.643. The van der Waals surface area contributed by atoms with Gasteiger partial charge in [0.05, 0.1) is 0 Å². The maximum Gasteiger partial charge on any atom is 0.255 e. The van der Waals surface area contributed by atoms with E-state index < -0.39 is 0 Å². The van der Waals surface area contributed by atoms with Gasteiger partial charge >= 0.3 is 0 Å². The minimum Gasteiger partial charge on any atom is -0.326 e. The van der Waals surface area contributed by atoms with E-state index >= 15 is 0 Å². The molecular weight excluding hydrogens is 212 g/mol. The van der Waals surface area contributed by atoms with Crippen LogP contribution in [0.5, 0.6) is 0 Å². The molecule has 0 spiro atoms. The maximum atomic E-state index is 11.8. The summed E-state index contributed by atoms with van der Waals surface area (Å²) in [5.74, 6) is 0. The number of nitrogens with zero attached hydrogens (tertiary/aromatic N) is 1. The van der Waals surface area contributed by atoms with Crippen LogP contribution in [0.25, 0.3) is 0 Å². The second kappa shape index (κ2) is 8.07. The van der Waals surface area contributed by atoms with Crippen molar-refractivity contribution in [2.45, 2.75) is 58.5 Å². The van der Waals surface area contributed by atoms with Crippen LogP contribution in [-0.2, 0) is 13.1 Å². The molecule has 0 aliphatic rings. The molecule has 17 heavy (non-hydrogen) atoms. The molecule has 96 valence electrons. The van der Waals surface area contributed by atoms with Crippen LogP contribution in [0.2, 0.25) is 0 Å². The second-order valence-electron chi connectivity index (χ2n) is 4.50. The Morgan fingerprint density at radius 3 is 2.59 bits per heavy atom. The minimum absolute atomic E-state index is 0.0727. The second-order valence-corrected chi connectivity index (χ2v) is 4.50. The average molecular weight is 236 g/mol. The summed E-state index contributed by atoms with van der Waals surface area (Å²) < 4.78 is 1.78. The van der Waals surface area contributed by atoms with E-state index in [1.807, 2.05) is 12.3 Å². The highest BCUT2D eigenvalue weighted by Gasteiger charge is 2.00. The zero-order chi connectivity index (χ0) is 12.5. The first-order valence-electron chi connectivity index (χ1n) is 6.68. The monoisotopic (exact) mass is 236 g/mol. The molecule has 0 saturated carbocycles. The number of hydrogen-bond acceptors (Lipinski definition) is 2. The zero-order valence-corrected chi connectivity index (χ0v) is 10.8. The fourth-order valence-electron chi connectivity index (χ4n) is 1.98. The van der Waals surface area contributed by atoms with E-state index in [1.54, 1.807) is 10.6 Å². The van der Waals surface area contributed by atoms with Crippen LogP contribution < -0.4 is 11.3 Å².